The van der Waals surface area contributed by atoms with Gasteiger partial charge in [-0.05, 0) is 19.4 Å². The third-order valence-electron chi connectivity index (χ3n) is 3.28. The molecule has 18 heavy (non-hydrogen) atoms. The zero-order chi connectivity index (χ0) is 12.8. The second-order valence-electron chi connectivity index (χ2n) is 4.87. The summed E-state index contributed by atoms with van der Waals surface area (Å²) in [5, 5.41) is 3.55. The van der Waals surface area contributed by atoms with Crippen molar-refractivity contribution in [2.45, 2.75) is 45.7 Å². The molecule has 1 unspecified atom stereocenters. The Balaban J connectivity index is 1.93. The largest absolute Gasteiger partial charge is 0.486 e. The molecule has 3 nitrogen and oxygen atoms in total. The molecule has 1 aliphatic rings. The average Bonchev–Trinajstić information content (AvgIpc) is 2.42. The molecule has 0 saturated heterocycles. The lowest BCUT2D eigenvalue weighted by Crippen LogP contribution is -2.26. The van der Waals surface area contributed by atoms with Crippen LogP contribution in [0.4, 0.5) is 0 Å². The fraction of sp³-hybridized carbons (Fsp3) is 0.600. The number of nitrogens with one attached hydrogen (secondary N) is 1. The molecule has 0 amide bonds. The van der Waals surface area contributed by atoms with Crippen molar-refractivity contribution in [2.75, 3.05) is 13.2 Å². The molecule has 0 spiro atoms. The van der Waals surface area contributed by atoms with E-state index in [1.165, 1.54) is 24.8 Å². The molecule has 0 aromatic heterocycles. The second kappa shape index (κ2) is 6.64. The molecule has 1 N–H and O–H groups in total. The van der Waals surface area contributed by atoms with Crippen LogP contribution in [0.15, 0.2) is 18.2 Å². The van der Waals surface area contributed by atoms with Crippen LogP contribution in [0.2, 0.25) is 0 Å². The number of rotatable bonds is 6. The summed E-state index contributed by atoms with van der Waals surface area (Å²) in [7, 11) is 0. The Kier molecular flexibility index (Phi) is 4.88. The number of unbranched alkanes of at least 4 members (excludes halogenated alkanes) is 1. The predicted molar refractivity (Wildman–Crippen MR) is 73.3 cm³/mol. The molecule has 0 fully saturated rings. The summed E-state index contributed by atoms with van der Waals surface area (Å²) in [6, 6.07) is 6.65. The van der Waals surface area contributed by atoms with Crippen molar-refractivity contribution < 1.29 is 9.47 Å². The van der Waals surface area contributed by atoms with Crippen molar-refractivity contribution in [3.8, 4) is 11.5 Å². The molecule has 0 saturated carbocycles. The predicted octanol–water partition coefficient (Wildman–Crippen LogP) is 3.13. The van der Waals surface area contributed by atoms with Crippen LogP contribution in [-0.2, 0) is 6.54 Å². The van der Waals surface area contributed by atoms with Gasteiger partial charge < -0.3 is 14.8 Å². The number of hydrogen-bond donors (Lipinski definition) is 1. The Morgan fingerprint density at radius 3 is 2.94 bits per heavy atom. The fourth-order valence-corrected chi connectivity index (χ4v) is 2.17. The van der Waals surface area contributed by atoms with Crippen molar-refractivity contribution in [3.63, 3.8) is 0 Å². The first kappa shape index (κ1) is 13.2. The minimum atomic E-state index is 0.547. The average molecular weight is 249 g/mol. The highest BCUT2D eigenvalue weighted by atomic mass is 16.6. The van der Waals surface area contributed by atoms with Gasteiger partial charge in [-0.2, -0.15) is 0 Å². The van der Waals surface area contributed by atoms with Crippen LogP contribution in [0.3, 0.4) is 0 Å². The van der Waals surface area contributed by atoms with E-state index in [-0.39, 0.29) is 0 Å². The third-order valence-corrected chi connectivity index (χ3v) is 3.28. The van der Waals surface area contributed by atoms with Gasteiger partial charge >= 0.3 is 0 Å². The Hall–Kier alpha value is -1.22. The lowest BCUT2D eigenvalue weighted by Gasteiger charge is -2.22. The van der Waals surface area contributed by atoms with Gasteiger partial charge in [-0.1, -0.05) is 31.9 Å². The first-order valence-electron chi connectivity index (χ1n) is 6.92. The maximum Gasteiger partial charge on any atom is 0.165 e. The molecule has 1 aromatic carbocycles. The van der Waals surface area contributed by atoms with E-state index in [1.807, 2.05) is 12.1 Å². The number of hydrogen-bond acceptors (Lipinski definition) is 3. The van der Waals surface area contributed by atoms with Crippen molar-refractivity contribution >= 4 is 0 Å². The lowest BCUT2D eigenvalue weighted by molar-refractivity contribution is 0.169. The topological polar surface area (TPSA) is 30.5 Å². The van der Waals surface area contributed by atoms with Gasteiger partial charge in [0, 0.05) is 18.2 Å². The van der Waals surface area contributed by atoms with Gasteiger partial charge in [-0.25, -0.2) is 0 Å². The smallest absolute Gasteiger partial charge is 0.165 e. The molecule has 1 aliphatic heterocycles. The minimum absolute atomic E-state index is 0.547. The highest BCUT2D eigenvalue weighted by Gasteiger charge is 2.15. The fourth-order valence-electron chi connectivity index (χ4n) is 2.17. The summed E-state index contributed by atoms with van der Waals surface area (Å²) in [4.78, 5) is 0. The molecule has 0 aliphatic carbocycles. The minimum Gasteiger partial charge on any atom is -0.486 e. The first-order chi connectivity index (χ1) is 8.81. The van der Waals surface area contributed by atoms with E-state index >= 15 is 0 Å². The Bertz CT molecular complexity index is 379. The van der Waals surface area contributed by atoms with Crippen molar-refractivity contribution in [1.82, 2.24) is 5.32 Å². The van der Waals surface area contributed by atoms with E-state index < -0.39 is 0 Å². The number of para-hydroxylation sites is 1. The quantitative estimate of drug-likeness (QED) is 0.840. The molecule has 1 aromatic rings. The SMILES string of the molecule is CCCCC(C)NCc1cccc2c1OCCO2. The highest BCUT2D eigenvalue weighted by molar-refractivity contribution is 5.47. The van der Waals surface area contributed by atoms with Crippen molar-refractivity contribution in [1.29, 1.82) is 0 Å². The van der Waals surface area contributed by atoms with E-state index in [0.717, 1.165) is 18.0 Å². The van der Waals surface area contributed by atoms with E-state index in [4.69, 9.17) is 9.47 Å². The van der Waals surface area contributed by atoms with Gasteiger partial charge in [0.05, 0.1) is 0 Å². The van der Waals surface area contributed by atoms with Crippen LogP contribution in [-0.4, -0.2) is 19.3 Å². The zero-order valence-corrected chi connectivity index (χ0v) is 11.4. The zero-order valence-electron chi connectivity index (χ0n) is 11.4. The lowest BCUT2D eigenvalue weighted by atomic mass is 10.1. The van der Waals surface area contributed by atoms with Gasteiger partial charge in [-0.15, -0.1) is 0 Å². The monoisotopic (exact) mass is 249 g/mol. The summed E-state index contributed by atoms with van der Waals surface area (Å²) >= 11 is 0. The number of ether oxygens (including phenoxy) is 2. The molecular formula is C15H23NO2. The third kappa shape index (κ3) is 3.39. The molecule has 0 radical (unpaired) electrons. The first-order valence-corrected chi connectivity index (χ1v) is 6.92. The van der Waals surface area contributed by atoms with Crippen LogP contribution in [0.5, 0.6) is 11.5 Å². The molecular weight excluding hydrogens is 226 g/mol. The Labute approximate surface area is 109 Å². The van der Waals surface area contributed by atoms with Crippen LogP contribution in [0, 0.1) is 0 Å². The van der Waals surface area contributed by atoms with E-state index in [9.17, 15) is 0 Å². The molecule has 0 bridgehead atoms. The summed E-state index contributed by atoms with van der Waals surface area (Å²) in [5.41, 5.74) is 1.19. The van der Waals surface area contributed by atoms with E-state index in [1.54, 1.807) is 0 Å². The van der Waals surface area contributed by atoms with Gasteiger partial charge in [0.25, 0.3) is 0 Å². The molecule has 100 valence electrons. The van der Waals surface area contributed by atoms with Gasteiger partial charge in [0.2, 0.25) is 0 Å². The summed E-state index contributed by atoms with van der Waals surface area (Å²) in [5.74, 6) is 1.79. The van der Waals surface area contributed by atoms with E-state index in [2.05, 4.69) is 25.2 Å². The molecule has 2 rings (SSSR count). The number of benzene rings is 1. The van der Waals surface area contributed by atoms with Gasteiger partial charge in [0.1, 0.15) is 13.2 Å². The highest BCUT2D eigenvalue weighted by Crippen LogP contribution is 2.33. The maximum atomic E-state index is 5.70. The van der Waals surface area contributed by atoms with Crippen molar-refractivity contribution in [2.24, 2.45) is 0 Å². The maximum absolute atomic E-state index is 5.70. The van der Waals surface area contributed by atoms with Gasteiger partial charge in [-0.3, -0.25) is 0 Å². The van der Waals surface area contributed by atoms with Crippen LogP contribution < -0.4 is 14.8 Å². The molecule has 3 heteroatoms. The summed E-state index contributed by atoms with van der Waals surface area (Å²) < 4.78 is 11.3. The number of fused-ring (bicyclic) bond motifs is 1. The Morgan fingerprint density at radius 2 is 2.11 bits per heavy atom. The summed E-state index contributed by atoms with van der Waals surface area (Å²) in [6.45, 7) is 6.61. The van der Waals surface area contributed by atoms with Crippen LogP contribution in [0.1, 0.15) is 38.7 Å². The van der Waals surface area contributed by atoms with Gasteiger partial charge in [0.15, 0.2) is 11.5 Å². The standard InChI is InChI=1S/C15H23NO2/c1-3-4-6-12(2)16-11-13-7-5-8-14-15(13)18-10-9-17-14/h5,7-8,12,16H,3-4,6,9-11H2,1-2H3. The summed E-state index contributed by atoms with van der Waals surface area (Å²) in [6.07, 6.45) is 3.76. The van der Waals surface area contributed by atoms with Crippen LogP contribution >= 0.6 is 0 Å². The molecule has 1 heterocycles. The van der Waals surface area contributed by atoms with E-state index in [0.29, 0.717) is 19.3 Å². The van der Waals surface area contributed by atoms with Crippen molar-refractivity contribution in [3.05, 3.63) is 23.8 Å². The second-order valence-corrected chi connectivity index (χ2v) is 4.87. The molecule has 1 atom stereocenters. The Morgan fingerprint density at radius 1 is 1.28 bits per heavy atom. The van der Waals surface area contributed by atoms with Crippen LogP contribution in [0.25, 0.3) is 0 Å². The normalized spacial score (nSPS) is 15.4.